The summed E-state index contributed by atoms with van der Waals surface area (Å²) in [5.74, 6) is -0.108. The minimum absolute atomic E-state index is 0.108. The van der Waals surface area contributed by atoms with Crippen LogP contribution in [0.2, 0.25) is 0 Å². The third-order valence-electron chi connectivity index (χ3n) is 4.49. The van der Waals surface area contributed by atoms with Gasteiger partial charge in [0, 0.05) is 25.8 Å². The molecule has 1 aromatic rings. The molecule has 0 saturated heterocycles. The van der Waals surface area contributed by atoms with E-state index in [4.69, 9.17) is 0 Å². The molecule has 24 heavy (non-hydrogen) atoms. The van der Waals surface area contributed by atoms with Crippen LogP contribution in [0.4, 0.5) is 5.69 Å². The predicted octanol–water partition coefficient (Wildman–Crippen LogP) is 2.14. The first-order valence-corrected chi connectivity index (χ1v) is 9.85. The average Bonchev–Trinajstić information content (AvgIpc) is 3.07. The van der Waals surface area contributed by atoms with Crippen LogP contribution in [0.3, 0.4) is 0 Å². The van der Waals surface area contributed by atoms with Gasteiger partial charge in [-0.3, -0.25) is 9.69 Å². The Bertz CT molecular complexity index is 667. The fraction of sp³-hybridized carbons (Fsp3) is 0.588. The number of amides is 1. The van der Waals surface area contributed by atoms with E-state index in [0.29, 0.717) is 18.3 Å². The van der Waals surface area contributed by atoms with Gasteiger partial charge in [-0.25, -0.2) is 12.7 Å². The van der Waals surface area contributed by atoms with E-state index in [1.54, 1.807) is 12.1 Å². The lowest BCUT2D eigenvalue weighted by atomic mass is 10.2. The van der Waals surface area contributed by atoms with Crippen LogP contribution in [0.5, 0.6) is 0 Å². The molecule has 2 rings (SSSR count). The zero-order chi connectivity index (χ0) is 17.7. The Balaban J connectivity index is 2.04. The van der Waals surface area contributed by atoms with E-state index >= 15 is 0 Å². The summed E-state index contributed by atoms with van der Waals surface area (Å²) in [6, 6.07) is 6.86. The monoisotopic (exact) mass is 353 g/mol. The van der Waals surface area contributed by atoms with Gasteiger partial charge in [-0.2, -0.15) is 0 Å². The lowest BCUT2D eigenvalue weighted by Crippen LogP contribution is -2.39. The zero-order valence-electron chi connectivity index (χ0n) is 14.7. The van der Waals surface area contributed by atoms with E-state index in [0.717, 1.165) is 23.7 Å². The van der Waals surface area contributed by atoms with Gasteiger partial charge in [0.25, 0.3) is 0 Å². The van der Waals surface area contributed by atoms with Crippen molar-refractivity contribution in [2.45, 2.75) is 43.5 Å². The van der Waals surface area contributed by atoms with Crippen molar-refractivity contribution in [3.8, 4) is 0 Å². The van der Waals surface area contributed by atoms with Crippen LogP contribution in [0.15, 0.2) is 29.2 Å². The predicted molar refractivity (Wildman–Crippen MR) is 95.4 cm³/mol. The van der Waals surface area contributed by atoms with Crippen molar-refractivity contribution in [2.24, 2.45) is 0 Å². The van der Waals surface area contributed by atoms with Gasteiger partial charge >= 0.3 is 0 Å². The number of hydrogen-bond acceptors (Lipinski definition) is 4. The van der Waals surface area contributed by atoms with Gasteiger partial charge in [0.05, 0.1) is 11.4 Å². The molecule has 0 heterocycles. The maximum absolute atomic E-state index is 12.3. The van der Waals surface area contributed by atoms with E-state index < -0.39 is 10.0 Å². The molecule has 1 aliphatic carbocycles. The quantitative estimate of drug-likeness (QED) is 0.815. The summed E-state index contributed by atoms with van der Waals surface area (Å²) in [5, 5.41) is 2.82. The second-order valence-corrected chi connectivity index (χ2v) is 8.52. The molecule has 134 valence electrons. The van der Waals surface area contributed by atoms with E-state index in [-0.39, 0.29) is 10.8 Å². The molecule has 1 saturated carbocycles. The van der Waals surface area contributed by atoms with Gasteiger partial charge in [0.15, 0.2) is 0 Å². The minimum Gasteiger partial charge on any atom is -0.325 e. The molecule has 1 aliphatic rings. The number of carbonyl (C=O) groups excluding carboxylic acids is 1. The molecule has 0 bridgehead atoms. The molecule has 1 fully saturated rings. The summed E-state index contributed by atoms with van der Waals surface area (Å²) in [4.78, 5) is 14.7. The van der Waals surface area contributed by atoms with Crippen LogP contribution in [0.25, 0.3) is 0 Å². The molecule has 0 aromatic heterocycles. The van der Waals surface area contributed by atoms with Crippen molar-refractivity contribution in [3.05, 3.63) is 24.3 Å². The number of sulfonamides is 1. The van der Waals surface area contributed by atoms with Crippen LogP contribution in [-0.4, -0.2) is 56.8 Å². The maximum atomic E-state index is 12.3. The Hall–Kier alpha value is -1.44. The van der Waals surface area contributed by atoms with Crippen LogP contribution in [-0.2, 0) is 14.8 Å². The Morgan fingerprint density at radius 2 is 1.92 bits per heavy atom. The van der Waals surface area contributed by atoms with Gasteiger partial charge in [0.2, 0.25) is 15.9 Å². The Labute approximate surface area is 144 Å². The van der Waals surface area contributed by atoms with Crippen molar-refractivity contribution in [3.63, 3.8) is 0 Å². The van der Waals surface area contributed by atoms with Gasteiger partial charge in [0.1, 0.15) is 0 Å². The van der Waals surface area contributed by atoms with E-state index in [9.17, 15) is 13.2 Å². The SMILES string of the molecule is CCN(CC(=O)Nc1cccc(S(=O)(=O)N(C)C)c1)C1CCCC1. The number of likely N-dealkylation sites (N-methyl/N-ethyl adjacent to an activating group) is 1. The highest BCUT2D eigenvalue weighted by Gasteiger charge is 2.23. The highest BCUT2D eigenvalue weighted by molar-refractivity contribution is 7.89. The molecule has 0 aliphatic heterocycles. The number of anilines is 1. The second kappa shape index (κ2) is 8.09. The van der Waals surface area contributed by atoms with Crippen molar-refractivity contribution in [1.29, 1.82) is 0 Å². The summed E-state index contributed by atoms with van der Waals surface area (Å²) in [5.41, 5.74) is 0.505. The first-order chi connectivity index (χ1) is 11.3. The Morgan fingerprint density at radius 1 is 1.25 bits per heavy atom. The fourth-order valence-electron chi connectivity index (χ4n) is 3.10. The Kier molecular flexibility index (Phi) is 6.37. The Morgan fingerprint density at radius 3 is 2.50 bits per heavy atom. The molecule has 1 amide bonds. The number of nitrogens with one attached hydrogen (secondary N) is 1. The lowest BCUT2D eigenvalue weighted by molar-refractivity contribution is -0.117. The fourth-order valence-corrected chi connectivity index (χ4v) is 4.05. The molecule has 1 N–H and O–H groups in total. The van der Waals surface area contributed by atoms with E-state index in [1.165, 1.54) is 39.1 Å². The first-order valence-electron chi connectivity index (χ1n) is 8.41. The van der Waals surface area contributed by atoms with Crippen molar-refractivity contribution in [1.82, 2.24) is 9.21 Å². The van der Waals surface area contributed by atoms with Crippen LogP contribution >= 0.6 is 0 Å². The molecule has 1 aromatic carbocycles. The van der Waals surface area contributed by atoms with Gasteiger partial charge in [-0.15, -0.1) is 0 Å². The minimum atomic E-state index is -3.50. The number of benzene rings is 1. The largest absolute Gasteiger partial charge is 0.325 e. The van der Waals surface area contributed by atoms with Crippen molar-refractivity contribution >= 4 is 21.6 Å². The lowest BCUT2D eigenvalue weighted by Gasteiger charge is -2.26. The van der Waals surface area contributed by atoms with Gasteiger partial charge in [-0.1, -0.05) is 25.8 Å². The summed E-state index contributed by atoms with van der Waals surface area (Å²) in [7, 11) is -0.530. The standard InChI is InChI=1S/C17H27N3O3S/c1-4-20(15-9-5-6-10-15)13-17(21)18-14-8-7-11-16(12-14)24(22,23)19(2)3/h7-8,11-12,15H,4-6,9-10,13H2,1-3H3,(H,18,21). The molecular formula is C17H27N3O3S. The van der Waals surface area contributed by atoms with Crippen LogP contribution in [0.1, 0.15) is 32.6 Å². The second-order valence-electron chi connectivity index (χ2n) is 6.36. The van der Waals surface area contributed by atoms with E-state index in [2.05, 4.69) is 17.1 Å². The third-order valence-corrected chi connectivity index (χ3v) is 6.30. The average molecular weight is 353 g/mol. The first kappa shape index (κ1) is 18.9. The molecule has 0 radical (unpaired) electrons. The van der Waals surface area contributed by atoms with Gasteiger partial charge in [-0.05, 0) is 37.6 Å². The normalized spacial score (nSPS) is 16.0. The smallest absolute Gasteiger partial charge is 0.242 e. The highest BCUT2D eigenvalue weighted by atomic mass is 32.2. The topological polar surface area (TPSA) is 69.7 Å². The molecule has 0 spiro atoms. The summed E-state index contributed by atoms with van der Waals surface area (Å²) < 4.78 is 25.5. The molecule has 7 heteroatoms. The van der Waals surface area contributed by atoms with Crippen LogP contribution < -0.4 is 5.32 Å². The highest BCUT2D eigenvalue weighted by Crippen LogP contribution is 2.23. The van der Waals surface area contributed by atoms with Crippen molar-refractivity contribution in [2.75, 3.05) is 32.5 Å². The number of carbonyl (C=O) groups is 1. The maximum Gasteiger partial charge on any atom is 0.242 e. The van der Waals surface area contributed by atoms with Crippen LogP contribution in [0, 0.1) is 0 Å². The summed E-state index contributed by atoms with van der Waals surface area (Å²) in [6.07, 6.45) is 4.76. The molecular weight excluding hydrogens is 326 g/mol. The molecule has 0 unspecified atom stereocenters. The number of rotatable bonds is 7. The van der Waals surface area contributed by atoms with Crippen molar-refractivity contribution < 1.29 is 13.2 Å². The summed E-state index contributed by atoms with van der Waals surface area (Å²) >= 11 is 0. The van der Waals surface area contributed by atoms with E-state index in [1.807, 2.05) is 0 Å². The zero-order valence-corrected chi connectivity index (χ0v) is 15.5. The molecule has 0 atom stereocenters. The third kappa shape index (κ3) is 4.55. The summed E-state index contributed by atoms with van der Waals surface area (Å²) in [6.45, 7) is 3.24. The number of hydrogen-bond donors (Lipinski definition) is 1. The molecule has 6 nitrogen and oxygen atoms in total. The number of nitrogens with zero attached hydrogens (tertiary/aromatic N) is 2. The van der Waals surface area contributed by atoms with Gasteiger partial charge < -0.3 is 5.32 Å².